The number of nitrogens with one attached hydrogen (secondary N) is 1. The summed E-state index contributed by atoms with van der Waals surface area (Å²) in [5.74, 6) is -0.118. The number of ether oxygens (including phenoxy) is 2. The average molecular weight is 337 g/mol. The molecule has 0 aliphatic carbocycles. The van der Waals surface area contributed by atoms with Crippen molar-refractivity contribution in [2.45, 2.75) is 19.6 Å². The second kappa shape index (κ2) is 8.14. The number of benzene rings is 1. The summed E-state index contributed by atoms with van der Waals surface area (Å²) < 4.78 is 33.9. The molecular weight excluding hydrogens is 318 g/mol. The average Bonchev–Trinajstić information content (AvgIpc) is 2.47. The lowest BCUT2D eigenvalue weighted by atomic mass is 10.1. The minimum absolute atomic E-state index is 0. The lowest BCUT2D eigenvalue weighted by molar-refractivity contribution is -0.0512. The van der Waals surface area contributed by atoms with E-state index in [0.717, 1.165) is 13.1 Å². The fourth-order valence-electron chi connectivity index (χ4n) is 2.30. The Morgan fingerprint density at radius 3 is 2.73 bits per heavy atom. The maximum Gasteiger partial charge on any atom is 0.387 e. The zero-order valence-corrected chi connectivity index (χ0v) is 13.2. The molecule has 1 fully saturated rings. The summed E-state index contributed by atoms with van der Waals surface area (Å²) in [7, 11) is 1.34. The number of hydrogen-bond donors (Lipinski definition) is 1. The van der Waals surface area contributed by atoms with Gasteiger partial charge in [-0.2, -0.15) is 8.78 Å². The van der Waals surface area contributed by atoms with E-state index in [9.17, 15) is 13.6 Å². The molecule has 1 aromatic carbocycles. The van der Waals surface area contributed by atoms with Crippen LogP contribution in [0.5, 0.6) is 11.5 Å². The topological polar surface area (TPSA) is 50.8 Å². The zero-order valence-electron chi connectivity index (χ0n) is 12.3. The van der Waals surface area contributed by atoms with Gasteiger partial charge in [-0.25, -0.2) is 0 Å². The molecule has 1 N–H and O–H groups in total. The predicted molar refractivity (Wildman–Crippen MR) is 80.2 cm³/mol. The Morgan fingerprint density at radius 1 is 1.41 bits per heavy atom. The molecule has 1 heterocycles. The van der Waals surface area contributed by atoms with Crippen molar-refractivity contribution in [2.24, 2.45) is 0 Å². The number of nitrogens with zero attached hydrogens (tertiary/aromatic N) is 1. The number of hydrogen-bond acceptors (Lipinski definition) is 4. The van der Waals surface area contributed by atoms with E-state index in [0.29, 0.717) is 12.1 Å². The molecule has 2 rings (SSSR count). The molecule has 0 saturated carbocycles. The molecule has 5 nitrogen and oxygen atoms in total. The van der Waals surface area contributed by atoms with Gasteiger partial charge in [0.1, 0.15) is 0 Å². The summed E-state index contributed by atoms with van der Waals surface area (Å²) in [6.07, 6.45) is 0. The van der Waals surface area contributed by atoms with Gasteiger partial charge in [0, 0.05) is 31.2 Å². The molecule has 0 aromatic heterocycles. The normalized spacial score (nSPS) is 17.9. The Morgan fingerprint density at radius 2 is 2.14 bits per heavy atom. The van der Waals surface area contributed by atoms with E-state index in [1.807, 2.05) is 6.92 Å². The summed E-state index contributed by atoms with van der Waals surface area (Å²) in [5.41, 5.74) is 0.391. The number of piperazine rings is 1. The lowest BCUT2D eigenvalue weighted by Gasteiger charge is -2.34. The van der Waals surface area contributed by atoms with Crippen molar-refractivity contribution in [3.8, 4) is 11.5 Å². The quantitative estimate of drug-likeness (QED) is 0.915. The van der Waals surface area contributed by atoms with E-state index >= 15 is 0 Å². The summed E-state index contributed by atoms with van der Waals surface area (Å²) in [6, 6.07) is 4.30. The number of alkyl halides is 2. The SMILES string of the molecule is COc1cc(C(=O)N2CCNCC2C)ccc1OC(F)F.Cl. The van der Waals surface area contributed by atoms with E-state index < -0.39 is 6.61 Å². The van der Waals surface area contributed by atoms with Crippen LogP contribution >= 0.6 is 12.4 Å². The fourth-order valence-corrected chi connectivity index (χ4v) is 2.30. The van der Waals surface area contributed by atoms with Crippen LogP contribution in [-0.4, -0.2) is 50.2 Å². The molecule has 1 amide bonds. The standard InChI is InChI=1S/C14H18F2N2O3.ClH/c1-9-8-17-5-6-18(9)13(19)10-3-4-11(21-14(15)16)12(7-10)20-2;/h3-4,7,9,14,17H,5-6,8H2,1-2H3;1H. The Kier molecular flexibility index (Phi) is 6.83. The molecule has 1 atom stereocenters. The van der Waals surface area contributed by atoms with E-state index in [2.05, 4.69) is 10.1 Å². The second-order valence-electron chi connectivity index (χ2n) is 4.80. The van der Waals surface area contributed by atoms with Crippen molar-refractivity contribution in [1.29, 1.82) is 0 Å². The van der Waals surface area contributed by atoms with E-state index in [1.54, 1.807) is 4.90 Å². The molecule has 1 saturated heterocycles. The van der Waals surface area contributed by atoms with Gasteiger partial charge in [0.05, 0.1) is 7.11 Å². The van der Waals surface area contributed by atoms with Gasteiger partial charge in [0.2, 0.25) is 0 Å². The first-order valence-electron chi connectivity index (χ1n) is 6.67. The Bertz CT molecular complexity index is 517. The Labute approximate surface area is 134 Å². The minimum atomic E-state index is -2.94. The largest absolute Gasteiger partial charge is 0.493 e. The molecule has 0 radical (unpaired) electrons. The first kappa shape index (κ1) is 18.4. The molecule has 1 unspecified atom stereocenters. The third-order valence-electron chi connectivity index (χ3n) is 3.39. The van der Waals surface area contributed by atoms with Crippen LogP contribution < -0.4 is 14.8 Å². The highest BCUT2D eigenvalue weighted by Gasteiger charge is 2.25. The number of rotatable bonds is 4. The third kappa shape index (κ3) is 4.20. The second-order valence-corrected chi connectivity index (χ2v) is 4.80. The van der Waals surface area contributed by atoms with Gasteiger partial charge in [-0.1, -0.05) is 0 Å². The monoisotopic (exact) mass is 336 g/mol. The first-order valence-corrected chi connectivity index (χ1v) is 6.67. The van der Waals surface area contributed by atoms with Crippen LogP contribution in [-0.2, 0) is 0 Å². The number of amides is 1. The third-order valence-corrected chi connectivity index (χ3v) is 3.39. The van der Waals surface area contributed by atoms with Crippen molar-refractivity contribution in [1.82, 2.24) is 10.2 Å². The Hall–Kier alpha value is -1.60. The molecule has 0 bridgehead atoms. The van der Waals surface area contributed by atoms with Crippen molar-refractivity contribution in [2.75, 3.05) is 26.7 Å². The maximum absolute atomic E-state index is 12.5. The highest BCUT2D eigenvalue weighted by molar-refractivity contribution is 5.95. The highest BCUT2D eigenvalue weighted by Crippen LogP contribution is 2.30. The maximum atomic E-state index is 12.5. The predicted octanol–water partition coefficient (Wildman–Crippen LogP) is 2.15. The fraction of sp³-hybridized carbons (Fsp3) is 0.500. The first-order chi connectivity index (χ1) is 10.0. The summed E-state index contributed by atoms with van der Waals surface area (Å²) in [5, 5.41) is 3.20. The Balaban J connectivity index is 0.00000242. The minimum Gasteiger partial charge on any atom is -0.493 e. The van der Waals surface area contributed by atoms with Gasteiger partial charge in [-0.05, 0) is 25.1 Å². The smallest absolute Gasteiger partial charge is 0.387 e. The van der Waals surface area contributed by atoms with Crippen LogP contribution in [0.4, 0.5) is 8.78 Å². The van der Waals surface area contributed by atoms with Crippen LogP contribution in [0.2, 0.25) is 0 Å². The van der Waals surface area contributed by atoms with Gasteiger partial charge in [0.25, 0.3) is 5.91 Å². The van der Waals surface area contributed by atoms with Crippen molar-refractivity contribution < 1.29 is 23.0 Å². The van der Waals surface area contributed by atoms with Crippen LogP contribution in [0.15, 0.2) is 18.2 Å². The molecule has 1 aliphatic heterocycles. The summed E-state index contributed by atoms with van der Waals surface area (Å²) in [4.78, 5) is 14.2. The van der Waals surface area contributed by atoms with Crippen molar-refractivity contribution in [3.05, 3.63) is 23.8 Å². The molecule has 1 aromatic rings. The molecule has 8 heteroatoms. The molecule has 124 valence electrons. The van der Waals surface area contributed by atoms with E-state index in [-0.39, 0.29) is 35.9 Å². The highest BCUT2D eigenvalue weighted by atomic mass is 35.5. The summed E-state index contributed by atoms with van der Waals surface area (Å²) >= 11 is 0. The molecule has 1 aliphatic rings. The van der Waals surface area contributed by atoms with Crippen molar-refractivity contribution in [3.63, 3.8) is 0 Å². The zero-order chi connectivity index (χ0) is 15.4. The van der Waals surface area contributed by atoms with Gasteiger partial charge < -0.3 is 19.7 Å². The van der Waals surface area contributed by atoms with E-state index in [1.165, 1.54) is 25.3 Å². The van der Waals surface area contributed by atoms with Crippen LogP contribution in [0.1, 0.15) is 17.3 Å². The molecule has 0 spiro atoms. The number of carbonyl (C=O) groups is 1. The van der Waals surface area contributed by atoms with Gasteiger partial charge in [0.15, 0.2) is 11.5 Å². The number of carbonyl (C=O) groups excluding carboxylic acids is 1. The number of halogens is 3. The van der Waals surface area contributed by atoms with Gasteiger partial charge in [-0.15, -0.1) is 12.4 Å². The van der Waals surface area contributed by atoms with Crippen LogP contribution in [0.25, 0.3) is 0 Å². The molecule has 22 heavy (non-hydrogen) atoms. The van der Waals surface area contributed by atoms with Crippen molar-refractivity contribution >= 4 is 18.3 Å². The number of methoxy groups -OCH3 is 1. The van der Waals surface area contributed by atoms with Crippen LogP contribution in [0, 0.1) is 0 Å². The van der Waals surface area contributed by atoms with Gasteiger partial charge in [-0.3, -0.25) is 4.79 Å². The van der Waals surface area contributed by atoms with E-state index in [4.69, 9.17) is 4.74 Å². The summed E-state index contributed by atoms with van der Waals surface area (Å²) in [6.45, 7) is 1.09. The van der Waals surface area contributed by atoms with Gasteiger partial charge >= 0.3 is 6.61 Å². The van der Waals surface area contributed by atoms with Crippen LogP contribution in [0.3, 0.4) is 0 Å². The molecular formula is C14H19ClF2N2O3. The lowest BCUT2D eigenvalue weighted by Crippen LogP contribution is -2.52.